The number of hydrogen-bond donors (Lipinski definition) is 0. The van der Waals surface area contributed by atoms with Gasteiger partial charge in [0.15, 0.2) is 5.78 Å². The van der Waals surface area contributed by atoms with Crippen molar-refractivity contribution in [2.75, 3.05) is 0 Å². The number of rotatable bonds is 0. The molecule has 0 saturated carbocycles. The Morgan fingerprint density at radius 3 is 2.05 bits per heavy atom. The van der Waals surface area contributed by atoms with Crippen LogP contribution in [0.4, 0.5) is 0 Å². The molecule has 0 unspecified atom stereocenters. The minimum absolute atomic E-state index is 0.0434. The maximum absolute atomic E-state index is 12.5. The Bertz CT molecular complexity index is 693. The third-order valence-electron chi connectivity index (χ3n) is 3.65. The fourth-order valence-electron chi connectivity index (χ4n) is 2.52. The summed E-state index contributed by atoms with van der Waals surface area (Å²) in [5.41, 5.74) is 4.74. The van der Waals surface area contributed by atoms with E-state index < -0.39 is 0 Å². The Kier molecular flexibility index (Phi) is 2.58. The maximum atomic E-state index is 12.5. The van der Waals surface area contributed by atoms with E-state index in [1.807, 2.05) is 24.3 Å². The summed E-state index contributed by atoms with van der Waals surface area (Å²) in [6.45, 7) is 6.45. The van der Waals surface area contributed by atoms with Gasteiger partial charge >= 0.3 is 0 Å². The fourth-order valence-corrected chi connectivity index (χ4v) is 2.69. The quantitative estimate of drug-likeness (QED) is 0.571. The van der Waals surface area contributed by atoms with Crippen LogP contribution in [0.5, 0.6) is 0 Å². The number of fused-ring (bicyclic) bond motifs is 3. The molecule has 1 aliphatic carbocycles. The molecule has 2 heteroatoms. The number of carbonyl (C=O) groups is 1. The minimum Gasteiger partial charge on any atom is -0.289 e. The molecule has 3 rings (SSSR count). The predicted molar refractivity (Wildman–Crippen MR) is 79.0 cm³/mol. The average Bonchev–Trinajstić information content (AvgIpc) is 2.62. The molecule has 0 N–H and O–H groups in total. The van der Waals surface area contributed by atoms with Gasteiger partial charge in [-0.3, -0.25) is 4.79 Å². The van der Waals surface area contributed by atoms with Crippen molar-refractivity contribution in [1.82, 2.24) is 0 Å². The van der Waals surface area contributed by atoms with Gasteiger partial charge < -0.3 is 0 Å². The van der Waals surface area contributed by atoms with Crippen LogP contribution in [0.3, 0.4) is 0 Å². The second-order valence-corrected chi connectivity index (χ2v) is 6.47. The van der Waals surface area contributed by atoms with Gasteiger partial charge in [0.2, 0.25) is 0 Å². The summed E-state index contributed by atoms with van der Waals surface area (Å²) in [6, 6.07) is 11.7. The molecule has 0 spiro atoms. The highest BCUT2D eigenvalue weighted by atomic mass is 35.5. The van der Waals surface area contributed by atoms with Gasteiger partial charge in [0.1, 0.15) is 0 Å². The Morgan fingerprint density at radius 2 is 1.42 bits per heavy atom. The summed E-state index contributed by atoms with van der Waals surface area (Å²) in [5, 5.41) is 0.607. The van der Waals surface area contributed by atoms with Crippen molar-refractivity contribution in [3.05, 3.63) is 58.1 Å². The first kappa shape index (κ1) is 12.4. The molecule has 0 saturated heterocycles. The van der Waals surface area contributed by atoms with Gasteiger partial charge in [0, 0.05) is 16.1 Å². The van der Waals surface area contributed by atoms with Gasteiger partial charge in [-0.15, -0.1) is 0 Å². The van der Waals surface area contributed by atoms with Crippen molar-refractivity contribution in [1.29, 1.82) is 0 Å². The highest BCUT2D eigenvalue weighted by Gasteiger charge is 2.28. The zero-order valence-corrected chi connectivity index (χ0v) is 12.0. The second kappa shape index (κ2) is 3.94. The lowest BCUT2D eigenvalue weighted by atomic mass is 9.85. The molecule has 0 bridgehead atoms. The molecule has 0 radical (unpaired) electrons. The molecule has 96 valence electrons. The molecule has 0 amide bonds. The maximum Gasteiger partial charge on any atom is 0.194 e. The van der Waals surface area contributed by atoms with Crippen LogP contribution >= 0.6 is 11.6 Å². The first-order valence-corrected chi connectivity index (χ1v) is 6.75. The normalized spacial score (nSPS) is 13.4. The lowest BCUT2D eigenvalue weighted by molar-refractivity contribution is 0.104. The highest BCUT2D eigenvalue weighted by molar-refractivity contribution is 6.32. The largest absolute Gasteiger partial charge is 0.289 e. The first-order valence-electron chi connectivity index (χ1n) is 6.37. The predicted octanol–water partition coefficient (Wildman–Crippen LogP) is 4.85. The zero-order valence-electron chi connectivity index (χ0n) is 11.3. The van der Waals surface area contributed by atoms with Gasteiger partial charge in [-0.1, -0.05) is 50.6 Å². The van der Waals surface area contributed by atoms with Crippen molar-refractivity contribution in [2.45, 2.75) is 26.2 Å². The van der Waals surface area contributed by atoms with E-state index in [4.69, 9.17) is 11.6 Å². The molecule has 0 aromatic heterocycles. The van der Waals surface area contributed by atoms with E-state index in [1.54, 1.807) is 6.07 Å². The third kappa shape index (κ3) is 1.89. The lowest BCUT2D eigenvalue weighted by Crippen LogP contribution is -2.11. The van der Waals surface area contributed by atoms with Crippen LogP contribution in [0.1, 0.15) is 42.3 Å². The average molecular weight is 271 g/mol. The Hall–Kier alpha value is -1.60. The van der Waals surface area contributed by atoms with Crippen molar-refractivity contribution in [3.63, 3.8) is 0 Å². The molecule has 0 aliphatic heterocycles. The Morgan fingerprint density at radius 1 is 0.842 bits per heavy atom. The standard InChI is InChI=1S/C17H15ClO/c1-17(2,3)10-4-6-12-13-7-5-11(18)9-15(13)16(19)14(12)8-10/h4-9H,1-3H3. The van der Waals surface area contributed by atoms with Crippen LogP contribution in [-0.4, -0.2) is 5.78 Å². The van der Waals surface area contributed by atoms with Crippen LogP contribution in [0.15, 0.2) is 36.4 Å². The van der Waals surface area contributed by atoms with E-state index in [-0.39, 0.29) is 11.2 Å². The fraction of sp³-hybridized carbons (Fsp3) is 0.235. The monoisotopic (exact) mass is 270 g/mol. The summed E-state index contributed by atoms with van der Waals surface area (Å²) in [6.07, 6.45) is 0. The summed E-state index contributed by atoms with van der Waals surface area (Å²) >= 11 is 5.98. The molecule has 2 aromatic rings. The van der Waals surface area contributed by atoms with Crippen molar-refractivity contribution in [2.24, 2.45) is 0 Å². The van der Waals surface area contributed by atoms with Crippen LogP contribution in [0, 0.1) is 0 Å². The van der Waals surface area contributed by atoms with E-state index in [0.717, 1.165) is 16.7 Å². The molecule has 1 nitrogen and oxygen atoms in total. The zero-order chi connectivity index (χ0) is 13.8. The van der Waals surface area contributed by atoms with E-state index >= 15 is 0 Å². The molecule has 1 aliphatic rings. The lowest BCUT2D eigenvalue weighted by Gasteiger charge is -2.19. The van der Waals surface area contributed by atoms with Crippen molar-refractivity contribution >= 4 is 17.4 Å². The van der Waals surface area contributed by atoms with E-state index in [1.165, 1.54) is 5.56 Å². The topological polar surface area (TPSA) is 17.1 Å². The van der Waals surface area contributed by atoms with E-state index in [0.29, 0.717) is 10.6 Å². The highest BCUT2D eigenvalue weighted by Crippen LogP contribution is 2.39. The van der Waals surface area contributed by atoms with Crippen LogP contribution in [0.2, 0.25) is 5.02 Å². The number of ketones is 1. The number of hydrogen-bond acceptors (Lipinski definition) is 1. The van der Waals surface area contributed by atoms with Crippen LogP contribution in [0.25, 0.3) is 11.1 Å². The SMILES string of the molecule is CC(C)(C)c1ccc2c(c1)C(=O)c1cc(Cl)ccc1-2. The van der Waals surface area contributed by atoms with Gasteiger partial charge in [-0.25, -0.2) is 0 Å². The molecule has 19 heavy (non-hydrogen) atoms. The Labute approximate surface area is 118 Å². The Balaban J connectivity index is 2.22. The molecule has 0 fully saturated rings. The smallest absolute Gasteiger partial charge is 0.194 e. The summed E-state index contributed by atoms with van der Waals surface area (Å²) in [4.78, 5) is 12.5. The second-order valence-electron chi connectivity index (χ2n) is 6.03. The van der Waals surface area contributed by atoms with Crippen LogP contribution < -0.4 is 0 Å². The van der Waals surface area contributed by atoms with Crippen molar-refractivity contribution < 1.29 is 4.79 Å². The molecular formula is C17H15ClO. The first-order chi connectivity index (χ1) is 8.88. The number of halogens is 1. The summed E-state index contributed by atoms with van der Waals surface area (Å²) in [5.74, 6) is 0.0820. The molecular weight excluding hydrogens is 256 g/mol. The van der Waals surface area contributed by atoms with Gasteiger partial charge in [0.05, 0.1) is 0 Å². The van der Waals surface area contributed by atoms with Gasteiger partial charge in [-0.2, -0.15) is 0 Å². The number of carbonyl (C=O) groups excluding carboxylic acids is 1. The molecule has 2 aromatic carbocycles. The van der Waals surface area contributed by atoms with E-state index in [9.17, 15) is 4.79 Å². The van der Waals surface area contributed by atoms with Gasteiger partial charge in [0.25, 0.3) is 0 Å². The number of benzene rings is 2. The molecule has 0 atom stereocenters. The van der Waals surface area contributed by atoms with Crippen molar-refractivity contribution in [3.8, 4) is 11.1 Å². The van der Waals surface area contributed by atoms with Crippen LogP contribution in [-0.2, 0) is 5.41 Å². The third-order valence-corrected chi connectivity index (χ3v) is 3.88. The minimum atomic E-state index is 0.0434. The molecule has 0 heterocycles. The van der Waals surface area contributed by atoms with E-state index in [2.05, 4.69) is 26.8 Å². The van der Waals surface area contributed by atoms with Gasteiger partial charge in [-0.05, 0) is 40.3 Å². The summed E-state index contributed by atoms with van der Waals surface area (Å²) < 4.78 is 0. The summed E-state index contributed by atoms with van der Waals surface area (Å²) in [7, 11) is 0.